The first kappa shape index (κ1) is 10.6. The van der Waals surface area contributed by atoms with E-state index in [1.165, 1.54) is 12.5 Å². The van der Waals surface area contributed by atoms with Crippen LogP contribution in [0.1, 0.15) is 5.69 Å². The van der Waals surface area contributed by atoms with E-state index in [4.69, 9.17) is 16.0 Å². The smallest absolute Gasteiger partial charge is 0.181 e. The van der Waals surface area contributed by atoms with Gasteiger partial charge < -0.3 is 4.42 Å². The molecule has 0 radical (unpaired) electrons. The van der Waals surface area contributed by atoms with Crippen molar-refractivity contribution in [1.29, 1.82) is 0 Å². The summed E-state index contributed by atoms with van der Waals surface area (Å²) in [6.07, 6.45) is 1.30. The molecule has 0 spiro atoms. The minimum Gasteiger partial charge on any atom is -0.443 e. The fraction of sp³-hybridized carbons (Fsp3) is 0.100. The summed E-state index contributed by atoms with van der Waals surface area (Å²) in [6.45, 7) is 0. The Morgan fingerprint density at radius 2 is 2.27 bits per heavy atom. The van der Waals surface area contributed by atoms with Crippen LogP contribution < -0.4 is 0 Å². The van der Waals surface area contributed by atoms with Crippen LogP contribution in [0.3, 0.4) is 0 Å². The molecule has 0 unspecified atom stereocenters. The van der Waals surface area contributed by atoms with Gasteiger partial charge in [-0.3, -0.25) is 0 Å². The van der Waals surface area contributed by atoms with Crippen LogP contribution >= 0.6 is 27.5 Å². The summed E-state index contributed by atoms with van der Waals surface area (Å²) < 4.78 is 18.8. The quantitative estimate of drug-likeness (QED) is 0.782. The van der Waals surface area contributed by atoms with E-state index < -0.39 is 0 Å². The van der Waals surface area contributed by atoms with Gasteiger partial charge in [0.05, 0.1) is 10.4 Å². The number of benzene rings is 1. The van der Waals surface area contributed by atoms with Crippen molar-refractivity contribution < 1.29 is 8.81 Å². The van der Waals surface area contributed by atoms with Crippen LogP contribution in [0.5, 0.6) is 0 Å². The molecule has 1 heterocycles. The molecule has 0 aliphatic rings. The van der Waals surface area contributed by atoms with E-state index in [0.717, 1.165) is 0 Å². The van der Waals surface area contributed by atoms with Gasteiger partial charge in [-0.25, -0.2) is 9.37 Å². The Labute approximate surface area is 99.2 Å². The zero-order chi connectivity index (χ0) is 10.8. The average Bonchev–Trinajstić information content (AvgIpc) is 2.70. The van der Waals surface area contributed by atoms with E-state index in [9.17, 15) is 4.39 Å². The summed E-state index contributed by atoms with van der Waals surface area (Å²) in [7, 11) is 0. The Kier molecular flexibility index (Phi) is 3.07. The SMILES string of the molecule is Fc1cc(-c2ocnc2CCl)ccc1Br. The number of aromatic nitrogens is 1. The third-order valence-electron chi connectivity index (χ3n) is 1.95. The molecule has 0 N–H and O–H groups in total. The lowest BCUT2D eigenvalue weighted by Gasteiger charge is -2.00. The molecule has 0 aliphatic carbocycles. The highest BCUT2D eigenvalue weighted by molar-refractivity contribution is 9.10. The normalized spacial score (nSPS) is 10.6. The van der Waals surface area contributed by atoms with Gasteiger partial charge in [0, 0.05) is 5.56 Å². The van der Waals surface area contributed by atoms with Gasteiger partial charge in [-0.1, -0.05) is 0 Å². The fourth-order valence-corrected chi connectivity index (χ4v) is 1.67. The van der Waals surface area contributed by atoms with Gasteiger partial charge in [-0.05, 0) is 34.1 Å². The van der Waals surface area contributed by atoms with E-state index in [-0.39, 0.29) is 11.7 Å². The van der Waals surface area contributed by atoms with Crippen molar-refractivity contribution in [1.82, 2.24) is 4.98 Å². The van der Waals surface area contributed by atoms with Crippen LogP contribution in [0.25, 0.3) is 11.3 Å². The van der Waals surface area contributed by atoms with Crippen molar-refractivity contribution >= 4 is 27.5 Å². The summed E-state index contributed by atoms with van der Waals surface area (Å²) in [5.74, 6) is 0.407. The highest BCUT2D eigenvalue weighted by Gasteiger charge is 2.11. The van der Waals surface area contributed by atoms with Gasteiger partial charge in [0.2, 0.25) is 0 Å². The molecule has 0 bridgehead atoms. The molecular formula is C10H6BrClFNO. The monoisotopic (exact) mass is 289 g/mol. The lowest BCUT2D eigenvalue weighted by atomic mass is 10.1. The van der Waals surface area contributed by atoms with Crippen molar-refractivity contribution in [3.63, 3.8) is 0 Å². The maximum atomic E-state index is 13.3. The van der Waals surface area contributed by atoms with Crippen molar-refractivity contribution in [2.75, 3.05) is 0 Å². The molecule has 0 saturated carbocycles. The van der Waals surface area contributed by atoms with Gasteiger partial charge in [0.25, 0.3) is 0 Å². The highest BCUT2D eigenvalue weighted by Crippen LogP contribution is 2.27. The molecule has 0 amide bonds. The molecule has 0 aliphatic heterocycles. The Hall–Kier alpha value is -0.870. The molecule has 78 valence electrons. The van der Waals surface area contributed by atoms with E-state index >= 15 is 0 Å². The largest absolute Gasteiger partial charge is 0.443 e. The first-order valence-corrected chi connectivity index (χ1v) is 5.49. The maximum absolute atomic E-state index is 13.3. The van der Waals surface area contributed by atoms with Crippen LogP contribution in [0, 0.1) is 5.82 Å². The summed E-state index contributed by atoms with van der Waals surface area (Å²) in [6, 6.07) is 4.73. The number of rotatable bonds is 2. The summed E-state index contributed by atoms with van der Waals surface area (Å²) in [5, 5.41) is 0. The highest BCUT2D eigenvalue weighted by atomic mass is 79.9. The fourth-order valence-electron chi connectivity index (χ4n) is 1.24. The third-order valence-corrected chi connectivity index (χ3v) is 2.85. The first-order valence-electron chi connectivity index (χ1n) is 4.16. The van der Waals surface area contributed by atoms with E-state index in [2.05, 4.69) is 20.9 Å². The predicted molar refractivity (Wildman–Crippen MR) is 59.2 cm³/mol. The Bertz CT molecular complexity index is 486. The zero-order valence-electron chi connectivity index (χ0n) is 7.51. The standard InChI is InChI=1S/C10H6BrClFNO/c11-7-2-1-6(3-8(7)13)10-9(4-12)14-5-15-10/h1-3,5H,4H2. The van der Waals surface area contributed by atoms with E-state index in [1.807, 2.05) is 0 Å². The number of nitrogens with zero attached hydrogens (tertiary/aromatic N) is 1. The first-order chi connectivity index (χ1) is 7.22. The van der Waals surface area contributed by atoms with Gasteiger partial charge in [-0.2, -0.15) is 0 Å². The summed E-state index contributed by atoms with van der Waals surface area (Å²) >= 11 is 8.75. The van der Waals surface area contributed by atoms with Crippen LogP contribution in [0.4, 0.5) is 4.39 Å². The minimum absolute atomic E-state index is 0.240. The molecular weight excluding hydrogens is 284 g/mol. The van der Waals surface area contributed by atoms with E-state index in [0.29, 0.717) is 21.5 Å². The Balaban J connectivity index is 2.50. The van der Waals surface area contributed by atoms with Crippen molar-refractivity contribution in [2.24, 2.45) is 0 Å². The number of oxazole rings is 1. The van der Waals surface area contributed by atoms with Crippen LogP contribution in [0.2, 0.25) is 0 Å². The van der Waals surface area contributed by atoms with Gasteiger partial charge >= 0.3 is 0 Å². The molecule has 0 fully saturated rings. The maximum Gasteiger partial charge on any atom is 0.181 e. The van der Waals surface area contributed by atoms with Gasteiger partial charge in [0.1, 0.15) is 11.5 Å². The van der Waals surface area contributed by atoms with Crippen LogP contribution in [0.15, 0.2) is 33.5 Å². The molecule has 1 aromatic heterocycles. The lowest BCUT2D eigenvalue weighted by Crippen LogP contribution is -1.85. The Morgan fingerprint density at radius 1 is 1.47 bits per heavy atom. The van der Waals surface area contributed by atoms with Gasteiger partial charge in [-0.15, -0.1) is 11.6 Å². The zero-order valence-corrected chi connectivity index (χ0v) is 9.85. The molecule has 0 saturated heterocycles. The molecule has 2 aromatic rings. The van der Waals surface area contributed by atoms with Gasteiger partial charge in [0.15, 0.2) is 12.2 Å². The topological polar surface area (TPSA) is 26.0 Å². The number of hydrogen-bond donors (Lipinski definition) is 0. The molecule has 5 heteroatoms. The van der Waals surface area contributed by atoms with Crippen molar-refractivity contribution in [3.05, 3.63) is 40.6 Å². The second-order valence-electron chi connectivity index (χ2n) is 2.89. The summed E-state index contributed by atoms with van der Waals surface area (Å²) in [5.41, 5.74) is 1.24. The van der Waals surface area contributed by atoms with E-state index in [1.54, 1.807) is 12.1 Å². The molecule has 2 nitrogen and oxygen atoms in total. The Morgan fingerprint density at radius 3 is 2.93 bits per heavy atom. The molecule has 1 aromatic carbocycles. The number of hydrogen-bond acceptors (Lipinski definition) is 2. The van der Waals surface area contributed by atoms with Crippen molar-refractivity contribution in [3.8, 4) is 11.3 Å². The molecule has 15 heavy (non-hydrogen) atoms. The number of halogens is 3. The summed E-state index contributed by atoms with van der Waals surface area (Å²) in [4.78, 5) is 3.93. The molecule has 0 atom stereocenters. The van der Waals surface area contributed by atoms with Crippen molar-refractivity contribution in [2.45, 2.75) is 5.88 Å². The second kappa shape index (κ2) is 4.33. The van der Waals surface area contributed by atoms with Crippen LogP contribution in [-0.4, -0.2) is 4.98 Å². The van der Waals surface area contributed by atoms with Crippen LogP contribution in [-0.2, 0) is 5.88 Å². The molecule has 2 rings (SSSR count). The second-order valence-corrected chi connectivity index (χ2v) is 4.01. The third kappa shape index (κ3) is 2.06. The lowest BCUT2D eigenvalue weighted by molar-refractivity contribution is 0.569. The average molecular weight is 291 g/mol. The minimum atomic E-state index is -0.343. The number of alkyl halides is 1. The predicted octanol–water partition coefficient (Wildman–Crippen LogP) is 3.98.